The van der Waals surface area contributed by atoms with E-state index in [2.05, 4.69) is 11.9 Å². The lowest BCUT2D eigenvalue weighted by Gasteiger charge is -2.48. The highest BCUT2D eigenvalue weighted by molar-refractivity contribution is 7.88. The number of hydrogen-bond donors (Lipinski definition) is 0. The zero-order valence-electron chi connectivity index (χ0n) is 15.7. The predicted octanol–water partition coefficient (Wildman–Crippen LogP) is 1.53. The molecule has 7 heteroatoms. The largest absolute Gasteiger partial charge is 0.343 e. The van der Waals surface area contributed by atoms with E-state index in [0.717, 1.165) is 18.4 Å². The van der Waals surface area contributed by atoms with E-state index in [0.29, 0.717) is 39.1 Å². The molecule has 0 unspecified atom stereocenters. The van der Waals surface area contributed by atoms with Crippen LogP contribution in [0.3, 0.4) is 0 Å². The number of likely N-dealkylation sites (N-methyl/N-ethyl adjacent to an activating group) is 1. The molecule has 1 atom stereocenters. The van der Waals surface area contributed by atoms with Gasteiger partial charge in [0.2, 0.25) is 15.9 Å². The van der Waals surface area contributed by atoms with E-state index in [-0.39, 0.29) is 17.2 Å². The summed E-state index contributed by atoms with van der Waals surface area (Å²) in [5, 5.41) is 0. The Morgan fingerprint density at radius 1 is 1.08 bits per heavy atom. The molecule has 1 amide bonds. The maximum Gasteiger partial charge on any atom is 0.222 e. The number of rotatable bonds is 4. The Balaban J connectivity index is 1.78. The molecular weight excluding hydrogens is 350 g/mol. The van der Waals surface area contributed by atoms with Crippen LogP contribution in [-0.2, 0) is 20.6 Å². The number of carbonyl (C=O) groups is 1. The van der Waals surface area contributed by atoms with Crippen molar-refractivity contribution in [2.45, 2.75) is 37.5 Å². The summed E-state index contributed by atoms with van der Waals surface area (Å²) in [6.45, 7) is 5.11. The van der Waals surface area contributed by atoms with Crippen molar-refractivity contribution in [3.63, 3.8) is 0 Å². The summed E-state index contributed by atoms with van der Waals surface area (Å²) in [7, 11) is -1.31. The molecule has 2 heterocycles. The molecule has 0 bridgehead atoms. The Hall–Kier alpha value is -1.44. The minimum atomic E-state index is -3.37. The van der Waals surface area contributed by atoms with Gasteiger partial charge in [-0.15, -0.1) is 0 Å². The molecule has 26 heavy (non-hydrogen) atoms. The van der Waals surface area contributed by atoms with Crippen LogP contribution >= 0.6 is 0 Å². The first kappa shape index (κ1) is 19.3. The zero-order chi connectivity index (χ0) is 18.8. The molecule has 1 aromatic rings. The summed E-state index contributed by atoms with van der Waals surface area (Å²) in [5.74, 6) is 0.218. The molecule has 2 fully saturated rings. The molecule has 3 rings (SSSR count). The van der Waals surface area contributed by atoms with Crippen molar-refractivity contribution >= 4 is 15.9 Å². The van der Waals surface area contributed by atoms with E-state index < -0.39 is 10.0 Å². The van der Waals surface area contributed by atoms with E-state index in [4.69, 9.17) is 0 Å². The Morgan fingerprint density at radius 2 is 1.81 bits per heavy atom. The molecule has 2 aliphatic rings. The Labute approximate surface area is 156 Å². The minimum absolute atomic E-state index is 0.0354. The van der Waals surface area contributed by atoms with Gasteiger partial charge in [0.15, 0.2) is 0 Å². The van der Waals surface area contributed by atoms with Crippen LogP contribution in [0, 0.1) is 0 Å². The van der Waals surface area contributed by atoms with Crippen molar-refractivity contribution < 1.29 is 13.2 Å². The van der Waals surface area contributed by atoms with Gasteiger partial charge in [0.25, 0.3) is 0 Å². The summed E-state index contributed by atoms with van der Waals surface area (Å²) in [6.07, 6.45) is 2.03. The fourth-order valence-electron chi connectivity index (χ4n) is 4.11. The number of piperazine rings is 1. The van der Waals surface area contributed by atoms with Gasteiger partial charge in [-0.3, -0.25) is 9.69 Å². The highest BCUT2D eigenvalue weighted by Crippen LogP contribution is 2.33. The number of sulfonamides is 1. The SMILES string of the molecule is CCN1CC[C@@]2(CCC1=O)CN(S(=O)(=O)Cc1ccccc1)CCN2C. The van der Waals surface area contributed by atoms with Crippen molar-refractivity contribution in [1.82, 2.24) is 14.1 Å². The second kappa shape index (κ2) is 7.66. The maximum absolute atomic E-state index is 13.0. The molecule has 0 saturated carbocycles. The fraction of sp³-hybridized carbons (Fsp3) is 0.632. The van der Waals surface area contributed by atoms with Crippen LogP contribution in [0.1, 0.15) is 31.7 Å². The summed E-state index contributed by atoms with van der Waals surface area (Å²) in [6, 6.07) is 9.34. The van der Waals surface area contributed by atoms with E-state index in [1.807, 2.05) is 42.2 Å². The summed E-state index contributed by atoms with van der Waals surface area (Å²) < 4.78 is 27.6. The van der Waals surface area contributed by atoms with Crippen molar-refractivity contribution in [2.24, 2.45) is 0 Å². The van der Waals surface area contributed by atoms with Gasteiger partial charge in [-0.25, -0.2) is 8.42 Å². The molecule has 0 radical (unpaired) electrons. The quantitative estimate of drug-likeness (QED) is 0.796. The predicted molar refractivity (Wildman–Crippen MR) is 102 cm³/mol. The molecular formula is C19H29N3O3S. The summed E-state index contributed by atoms with van der Waals surface area (Å²) in [5.41, 5.74) is 0.565. The van der Waals surface area contributed by atoms with Crippen LogP contribution in [0.5, 0.6) is 0 Å². The van der Waals surface area contributed by atoms with Gasteiger partial charge in [-0.1, -0.05) is 30.3 Å². The molecule has 2 aliphatic heterocycles. The Morgan fingerprint density at radius 3 is 2.50 bits per heavy atom. The van der Waals surface area contributed by atoms with Gasteiger partial charge < -0.3 is 4.90 Å². The van der Waals surface area contributed by atoms with Gasteiger partial charge in [0, 0.05) is 44.7 Å². The lowest BCUT2D eigenvalue weighted by molar-refractivity contribution is -0.130. The van der Waals surface area contributed by atoms with Gasteiger partial charge >= 0.3 is 0 Å². The fourth-order valence-corrected chi connectivity index (χ4v) is 5.70. The standard InChI is InChI=1S/C19H29N3O3S/c1-3-21-12-11-19(10-9-18(21)23)16-22(14-13-20(19)2)26(24,25)15-17-7-5-4-6-8-17/h4-8H,3,9-16H2,1-2H3/t19-/m0/s1. The molecule has 1 aromatic carbocycles. The first-order chi connectivity index (χ1) is 12.4. The zero-order valence-corrected chi connectivity index (χ0v) is 16.5. The number of benzene rings is 1. The molecule has 0 aliphatic carbocycles. The van der Waals surface area contributed by atoms with Gasteiger partial charge in [-0.05, 0) is 32.4 Å². The van der Waals surface area contributed by atoms with Crippen LogP contribution in [0.25, 0.3) is 0 Å². The smallest absolute Gasteiger partial charge is 0.222 e. The van der Waals surface area contributed by atoms with Gasteiger partial charge in [-0.2, -0.15) is 4.31 Å². The van der Waals surface area contributed by atoms with Crippen LogP contribution in [0.15, 0.2) is 30.3 Å². The topological polar surface area (TPSA) is 60.9 Å². The van der Waals surface area contributed by atoms with E-state index >= 15 is 0 Å². The molecule has 6 nitrogen and oxygen atoms in total. The molecule has 1 spiro atoms. The van der Waals surface area contributed by atoms with E-state index in [1.54, 1.807) is 4.31 Å². The van der Waals surface area contributed by atoms with E-state index in [1.165, 1.54) is 0 Å². The lowest BCUT2D eigenvalue weighted by Crippen LogP contribution is -2.62. The Kier molecular flexibility index (Phi) is 5.69. The van der Waals surface area contributed by atoms with Crippen LogP contribution in [-0.4, -0.2) is 73.7 Å². The van der Waals surface area contributed by atoms with Gasteiger partial charge in [0.05, 0.1) is 5.75 Å². The average Bonchev–Trinajstić information content (AvgIpc) is 2.78. The number of nitrogens with zero attached hydrogens (tertiary/aromatic N) is 3. The third-order valence-electron chi connectivity index (χ3n) is 5.94. The highest BCUT2D eigenvalue weighted by atomic mass is 32.2. The number of amides is 1. The number of hydrogen-bond acceptors (Lipinski definition) is 4. The van der Waals surface area contributed by atoms with Crippen LogP contribution in [0.2, 0.25) is 0 Å². The van der Waals surface area contributed by atoms with Gasteiger partial charge in [0.1, 0.15) is 0 Å². The minimum Gasteiger partial charge on any atom is -0.343 e. The van der Waals surface area contributed by atoms with E-state index in [9.17, 15) is 13.2 Å². The monoisotopic (exact) mass is 379 g/mol. The van der Waals surface area contributed by atoms with Crippen molar-refractivity contribution in [3.8, 4) is 0 Å². The van der Waals surface area contributed by atoms with Crippen molar-refractivity contribution in [1.29, 1.82) is 0 Å². The maximum atomic E-state index is 13.0. The van der Waals surface area contributed by atoms with Crippen LogP contribution in [0.4, 0.5) is 0 Å². The second-order valence-corrected chi connectivity index (χ2v) is 9.41. The van der Waals surface area contributed by atoms with Crippen LogP contribution < -0.4 is 0 Å². The summed E-state index contributed by atoms with van der Waals surface area (Å²) in [4.78, 5) is 16.4. The molecule has 144 valence electrons. The third kappa shape index (κ3) is 3.94. The molecule has 0 aromatic heterocycles. The second-order valence-electron chi connectivity index (χ2n) is 7.44. The first-order valence-corrected chi connectivity index (χ1v) is 11.0. The normalized spacial score (nSPS) is 26.2. The third-order valence-corrected chi connectivity index (χ3v) is 7.73. The summed E-state index contributed by atoms with van der Waals surface area (Å²) >= 11 is 0. The number of likely N-dealkylation sites (tertiary alicyclic amines) is 1. The molecule has 2 saturated heterocycles. The van der Waals surface area contributed by atoms with Crippen molar-refractivity contribution in [3.05, 3.63) is 35.9 Å². The molecule has 0 N–H and O–H groups in total. The average molecular weight is 380 g/mol. The van der Waals surface area contributed by atoms with Crippen molar-refractivity contribution in [2.75, 3.05) is 39.8 Å². The lowest BCUT2D eigenvalue weighted by atomic mass is 9.87. The number of carbonyl (C=O) groups excluding carboxylic acids is 1. The highest BCUT2D eigenvalue weighted by Gasteiger charge is 2.44. The first-order valence-electron chi connectivity index (χ1n) is 9.37. The Bertz CT molecular complexity index is 738.